The summed E-state index contributed by atoms with van der Waals surface area (Å²) in [6.07, 6.45) is 5.76. The number of nitrogens with zero attached hydrogens (tertiary/aromatic N) is 4. The molecule has 1 aliphatic carbocycles. The van der Waals surface area contributed by atoms with Gasteiger partial charge in [-0.1, -0.05) is 0 Å². The van der Waals surface area contributed by atoms with Crippen molar-refractivity contribution in [2.45, 2.75) is 38.8 Å². The van der Waals surface area contributed by atoms with E-state index in [1.807, 2.05) is 31.0 Å². The van der Waals surface area contributed by atoms with Gasteiger partial charge in [0.25, 0.3) is 0 Å². The average molecular weight is 342 g/mol. The number of rotatable bonds is 3. The first-order chi connectivity index (χ1) is 12.0. The topological polar surface area (TPSA) is 77.2 Å². The zero-order chi connectivity index (χ0) is 17.6. The maximum Gasteiger partial charge on any atom is 0.317 e. The van der Waals surface area contributed by atoms with Gasteiger partial charge in [-0.05, 0) is 44.6 Å². The summed E-state index contributed by atoms with van der Waals surface area (Å²) < 4.78 is 0. The number of H-pyrrole nitrogens is 1. The highest BCUT2D eigenvalue weighted by Gasteiger charge is 2.43. The minimum absolute atomic E-state index is 0.0825. The molecule has 25 heavy (non-hydrogen) atoms. The molecule has 134 valence electrons. The maximum atomic E-state index is 12.2. The molecule has 1 saturated carbocycles. The van der Waals surface area contributed by atoms with Crippen molar-refractivity contribution in [3.05, 3.63) is 18.6 Å². The van der Waals surface area contributed by atoms with E-state index in [4.69, 9.17) is 0 Å². The molecule has 0 radical (unpaired) electrons. The van der Waals surface area contributed by atoms with Gasteiger partial charge in [0.1, 0.15) is 17.8 Å². The van der Waals surface area contributed by atoms with Crippen molar-refractivity contribution in [1.82, 2.24) is 25.2 Å². The first-order valence-corrected chi connectivity index (χ1v) is 9.09. The Hall–Kier alpha value is -2.31. The smallest absolute Gasteiger partial charge is 0.317 e. The number of nitrogens with one attached hydrogen (secondary N) is 2. The van der Waals surface area contributed by atoms with Crippen LogP contribution >= 0.6 is 0 Å². The number of hydrogen-bond donors (Lipinski definition) is 2. The molecule has 1 aliphatic heterocycles. The molecule has 0 bridgehead atoms. The van der Waals surface area contributed by atoms with Crippen LogP contribution in [-0.2, 0) is 0 Å². The average Bonchev–Trinajstić information content (AvgIpc) is 3.26. The SMILES string of the molecule is CC(C)NC(=O)N1C[C@H]2C[C@H](N(C)c3ncnc4[nH]ccc34)C[C@H]2C1. The summed E-state index contributed by atoms with van der Waals surface area (Å²) >= 11 is 0. The number of urea groups is 1. The predicted molar refractivity (Wildman–Crippen MR) is 97.5 cm³/mol. The van der Waals surface area contributed by atoms with E-state index in [1.54, 1.807) is 6.33 Å². The summed E-state index contributed by atoms with van der Waals surface area (Å²) in [6.45, 7) is 5.75. The first kappa shape index (κ1) is 16.2. The van der Waals surface area contributed by atoms with Crippen LogP contribution in [0.15, 0.2) is 18.6 Å². The van der Waals surface area contributed by atoms with Crippen molar-refractivity contribution in [3.63, 3.8) is 0 Å². The molecule has 7 nitrogen and oxygen atoms in total. The van der Waals surface area contributed by atoms with Crippen LogP contribution in [0.4, 0.5) is 10.6 Å². The van der Waals surface area contributed by atoms with E-state index >= 15 is 0 Å². The molecule has 3 atom stereocenters. The Morgan fingerprint density at radius 2 is 2.04 bits per heavy atom. The molecule has 2 fully saturated rings. The van der Waals surface area contributed by atoms with E-state index in [0.717, 1.165) is 42.8 Å². The maximum absolute atomic E-state index is 12.2. The van der Waals surface area contributed by atoms with Crippen LogP contribution in [0.25, 0.3) is 11.0 Å². The third kappa shape index (κ3) is 2.92. The Balaban J connectivity index is 1.43. The Labute approximate surface area is 147 Å². The molecule has 1 saturated heterocycles. The van der Waals surface area contributed by atoms with Gasteiger partial charge in [-0.3, -0.25) is 0 Å². The van der Waals surface area contributed by atoms with Crippen molar-refractivity contribution in [1.29, 1.82) is 0 Å². The number of amides is 2. The van der Waals surface area contributed by atoms with Crippen LogP contribution in [0.5, 0.6) is 0 Å². The van der Waals surface area contributed by atoms with Gasteiger partial charge in [0.05, 0.1) is 5.39 Å². The van der Waals surface area contributed by atoms with Crippen molar-refractivity contribution < 1.29 is 4.79 Å². The van der Waals surface area contributed by atoms with Gasteiger partial charge in [-0.15, -0.1) is 0 Å². The van der Waals surface area contributed by atoms with E-state index in [0.29, 0.717) is 17.9 Å². The van der Waals surface area contributed by atoms with E-state index in [-0.39, 0.29) is 12.1 Å². The number of likely N-dealkylation sites (tertiary alicyclic amines) is 1. The summed E-state index contributed by atoms with van der Waals surface area (Å²) in [6, 6.07) is 2.78. The fourth-order valence-corrected chi connectivity index (χ4v) is 4.40. The van der Waals surface area contributed by atoms with Gasteiger partial charge >= 0.3 is 6.03 Å². The second-order valence-electron chi connectivity index (χ2n) is 7.70. The monoisotopic (exact) mass is 342 g/mol. The van der Waals surface area contributed by atoms with Gasteiger partial charge in [0.2, 0.25) is 0 Å². The lowest BCUT2D eigenvalue weighted by atomic mass is 10.0. The molecule has 2 aliphatic rings. The zero-order valence-corrected chi connectivity index (χ0v) is 15.1. The van der Waals surface area contributed by atoms with Crippen LogP contribution < -0.4 is 10.2 Å². The molecule has 3 heterocycles. The summed E-state index contributed by atoms with van der Waals surface area (Å²) in [4.78, 5) is 28.5. The van der Waals surface area contributed by atoms with Crippen molar-refractivity contribution in [2.24, 2.45) is 11.8 Å². The Kier molecular flexibility index (Phi) is 4.01. The third-order valence-electron chi connectivity index (χ3n) is 5.64. The molecular weight excluding hydrogens is 316 g/mol. The van der Waals surface area contributed by atoms with Crippen LogP contribution in [-0.4, -0.2) is 58.1 Å². The highest BCUT2D eigenvalue weighted by molar-refractivity contribution is 5.87. The summed E-state index contributed by atoms with van der Waals surface area (Å²) in [5, 5.41) is 4.08. The van der Waals surface area contributed by atoms with E-state index in [1.165, 1.54) is 0 Å². The number of anilines is 1. The third-order valence-corrected chi connectivity index (χ3v) is 5.64. The Morgan fingerprint density at radius 3 is 2.72 bits per heavy atom. The number of aromatic nitrogens is 3. The number of carbonyl (C=O) groups is 1. The standard InChI is InChI=1S/C18H26N6O/c1-11(2)22-18(25)24-8-12-6-14(7-13(12)9-24)23(3)17-15-4-5-19-16(15)20-10-21-17/h4-5,10-14H,6-9H2,1-3H3,(H,22,25)(H,19,20,21)/t12-,13+,14+. The Bertz CT molecular complexity index is 758. The van der Waals surface area contributed by atoms with E-state index in [2.05, 4.69) is 32.2 Å². The van der Waals surface area contributed by atoms with Gasteiger partial charge in [-0.2, -0.15) is 0 Å². The van der Waals surface area contributed by atoms with E-state index in [9.17, 15) is 4.79 Å². The van der Waals surface area contributed by atoms with Gasteiger partial charge in [-0.25, -0.2) is 14.8 Å². The van der Waals surface area contributed by atoms with Crippen molar-refractivity contribution >= 4 is 22.9 Å². The van der Waals surface area contributed by atoms with E-state index < -0.39 is 0 Å². The highest BCUT2D eigenvalue weighted by atomic mass is 16.2. The van der Waals surface area contributed by atoms with Gasteiger partial charge in [0, 0.05) is 38.4 Å². The minimum Gasteiger partial charge on any atom is -0.356 e. The fourth-order valence-electron chi connectivity index (χ4n) is 4.40. The second-order valence-corrected chi connectivity index (χ2v) is 7.70. The largest absolute Gasteiger partial charge is 0.356 e. The van der Waals surface area contributed by atoms with Gasteiger partial charge < -0.3 is 20.1 Å². The minimum atomic E-state index is 0.0825. The quantitative estimate of drug-likeness (QED) is 0.897. The lowest BCUT2D eigenvalue weighted by molar-refractivity contribution is 0.202. The van der Waals surface area contributed by atoms with Crippen LogP contribution in [0.1, 0.15) is 26.7 Å². The van der Waals surface area contributed by atoms with Gasteiger partial charge in [0.15, 0.2) is 0 Å². The van der Waals surface area contributed by atoms with Crippen LogP contribution in [0.3, 0.4) is 0 Å². The lowest BCUT2D eigenvalue weighted by Crippen LogP contribution is -2.42. The molecule has 2 aromatic heterocycles. The molecule has 2 amide bonds. The fraction of sp³-hybridized carbons (Fsp3) is 0.611. The highest BCUT2D eigenvalue weighted by Crippen LogP contribution is 2.41. The predicted octanol–water partition coefficient (Wildman–Crippen LogP) is 2.22. The molecule has 4 rings (SSSR count). The van der Waals surface area contributed by atoms with Crippen molar-refractivity contribution in [3.8, 4) is 0 Å². The molecule has 0 unspecified atom stereocenters. The van der Waals surface area contributed by atoms with Crippen LogP contribution in [0.2, 0.25) is 0 Å². The van der Waals surface area contributed by atoms with Crippen molar-refractivity contribution in [2.75, 3.05) is 25.0 Å². The summed E-state index contributed by atoms with van der Waals surface area (Å²) in [7, 11) is 2.13. The second kappa shape index (κ2) is 6.20. The summed E-state index contributed by atoms with van der Waals surface area (Å²) in [5.41, 5.74) is 0.881. The normalized spacial score (nSPS) is 25.6. The number of carbonyl (C=O) groups excluding carboxylic acids is 1. The number of aromatic amines is 1. The molecule has 0 aromatic carbocycles. The first-order valence-electron chi connectivity index (χ1n) is 9.09. The molecule has 2 N–H and O–H groups in total. The zero-order valence-electron chi connectivity index (χ0n) is 15.1. The molecule has 2 aromatic rings. The molecule has 7 heteroatoms. The molecular formula is C18H26N6O. The number of hydrogen-bond acceptors (Lipinski definition) is 4. The summed E-state index contributed by atoms with van der Waals surface area (Å²) in [5.74, 6) is 2.17. The Morgan fingerprint density at radius 1 is 1.32 bits per heavy atom. The number of fused-ring (bicyclic) bond motifs is 2. The van der Waals surface area contributed by atoms with Crippen LogP contribution in [0, 0.1) is 11.8 Å². The molecule has 0 spiro atoms. The lowest BCUT2D eigenvalue weighted by Gasteiger charge is -2.28.